The van der Waals surface area contributed by atoms with Gasteiger partial charge in [-0.2, -0.15) is 0 Å². The molecule has 0 spiro atoms. The molecule has 1 atom stereocenters. The topological polar surface area (TPSA) is 42.7 Å². The van der Waals surface area contributed by atoms with Gasteiger partial charge in [0.2, 0.25) is 0 Å². The van der Waals surface area contributed by atoms with Crippen LogP contribution < -0.4 is 5.32 Å². The molecular formula is C12H14BrClN4. The lowest BCUT2D eigenvalue weighted by atomic mass is 10.2. The maximum Gasteiger partial charge on any atom is 0.103 e. The van der Waals surface area contributed by atoms with Gasteiger partial charge in [0.15, 0.2) is 0 Å². The van der Waals surface area contributed by atoms with Crippen LogP contribution >= 0.6 is 27.5 Å². The number of hydrogen-bond donors (Lipinski definition) is 1. The highest BCUT2D eigenvalue weighted by molar-refractivity contribution is 9.10. The molecule has 0 fully saturated rings. The highest BCUT2D eigenvalue weighted by atomic mass is 79.9. The summed E-state index contributed by atoms with van der Waals surface area (Å²) in [5.74, 6) is 0. The van der Waals surface area contributed by atoms with Gasteiger partial charge in [-0.15, -0.1) is 5.10 Å². The summed E-state index contributed by atoms with van der Waals surface area (Å²) < 4.78 is 2.61. The van der Waals surface area contributed by atoms with Crippen LogP contribution in [0.15, 0.2) is 22.7 Å². The van der Waals surface area contributed by atoms with E-state index in [9.17, 15) is 0 Å². The Bertz CT molecular complexity index is 567. The van der Waals surface area contributed by atoms with Gasteiger partial charge >= 0.3 is 0 Å². The molecule has 0 saturated carbocycles. The van der Waals surface area contributed by atoms with Gasteiger partial charge in [-0.1, -0.05) is 22.9 Å². The molecule has 0 aliphatic heterocycles. The summed E-state index contributed by atoms with van der Waals surface area (Å²) in [6.45, 7) is 4.05. The van der Waals surface area contributed by atoms with E-state index in [-0.39, 0.29) is 6.04 Å². The maximum absolute atomic E-state index is 6.09. The van der Waals surface area contributed by atoms with Crippen molar-refractivity contribution in [3.8, 4) is 5.69 Å². The molecule has 2 rings (SSSR count). The largest absolute Gasteiger partial charge is 0.312 e. The van der Waals surface area contributed by atoms with Crippen molar-refractivity contribution >= 4 is 27.5 Å². The normalized spacial score (nSPS) is 12.7. The molecule has 1 unspecified atom stereocenters. The van der Waals surface area contributed by atoms with Crippen molar-refractivity contribution in [1.29, 1.82) is 0 Å². The second-order valence-electron chi connectivity index (χ2n) is 4.06. The zero-order chi connectivity index (χ0) is 13.3. The van der Waals surface area contributed by atoms with Gasteiger partial charge in [-0.3, -0.25) is 0 Å². The van der Waals surface area contributed by atoms with Crippen LogP contribution in [0.4, 0.5) is 0 Å². The van der Waals surface area contributed by atoms with Gasteiger partial charge in [0, 0.05) is 0 Å². The highest BCUT2D eigenvalue weighted by Crippen LogP contribution is 2.29. The molecule has 6 heteroatoms. The van der Waals surface area contributed by atoms with E-state index in [1.54, 1.807) is 4.68 Å². The van der Waals surface area contributed by atoms with E-state index in [0.29, 0.717) is 5.02 Å². The number of rotatable bonds is 3. The van der Waals surface area contributed by atoms with E-state index in [1.165, 1.54) is 0 Å². The van der Waals surface area contributed by atoms with Gasteiger partial charge in [0.05, 0.1) is 26.9 Å². The van der Waals surface area contributed by atoms with E-state index < -0.39 is 0 Å². The monoisotopic (exact) mass is 328 g/mol. The molecule has 96 valence electrons. The Labute approximate surface area is 119 Å². The summed E-state index contributed by atoms with van der Waals surface area (Å²) in [6.07, 6.45) is 0. The molecule has 18 heavy (non-hydrogen) atoms. The molecule has 0 aliphatic carbocycles. The van der Waals surface area contributed by atoms with E-state index in [4.69, 9.17) is 11.6 Å². The Hall–Kier alpha value is -0.910. The van der Waals surface area contributed by atoms with Crippen LogP contribution in [0.2, 0.25) is 5.02 Å². The Kier molecular flexibility index (Phi) is 4.04. The fraction of sp³-hybridized carbons (Fsp3) is 0.333. The molecule has 1 N–H and O–H groups in total. The standard InChI is InChI=1S/C12H14BrClN4/c1-7(15-3)12-8(2)18(17-16-12)10-6-4-5-9(14)11(10)13/h4-7,15H,1-3H3. The van der Waals surface area contributed by atoms with Crippen LogP contribution in [-0.2, 0) is 0 Å². The smallest absolute Gasteiger partial charge is 0.103 e. The van der Waals surface area contributed by atoms with Crippen molar-refractivity contribution < 1.29 is 0 Å². The first-order valence-electron chi connectivity index (χ1n) is 5.60. The fourth-order valence-electron chi connectivity index (χ4n) is 1.76. The number of nitrogens with one attached hydrogen (secondary N) is 1. The molecule has 1 aromatic carbocycles. The summed E-state index contributed by atoms with van der Waals surface area (Å²) in [5.41, 5.74) is 2.83. The van der Waals surface area contributed by atoms with Crippen LogP contribution in [0.3, 0.4) is 0 Å². The highest BCUT2D eigenvalue weighted by Gasteiger charge is 2.16. The Morgan fingerprint density at radius 3 is 2.83 bits per heavy atom. The van der Waals surface area contributed by atoms with Crippen molar-refractivity contribution in [3.05, 3.63) is 39.1 Å². The van der Waals surface area contributed by atoms with Crippen molar-refractivity contribution in [3.63, 3.8) is 0 Å². The van der Waals surface area contributed by atoms with Crippen LogP contribution in [0.25, 0.3) is 5.69 Å². The van der Waals surface area contributed by atoms with Crippen LogP contribution in [0.5, 0.6) is 0 Å². The Morgan fingerprint density at radius 2 is 2.17 bits per heavy atom. The summed E-state index contributed by atoms with van der Waals surface area (Å²) in [5, 5.41) is 12.2. The summed E-state index contributed by atoms with van der Waals surface area (Å²) in [7, 11) is 1.90. The minimum Gasteiger partial charge on any atom is -0.312 e. The molecular weight excluding hydrogens is 316 g/mol. The molecule has 4 nitrogen and oxygen atoms in total. The van der Waals surface area contributed by atoms with Crippen molar-refractivity contribution in [2.75, 3.05) is 7.05 Å². The third kappa shape index (κ3) is 2.30. The van der Waals surface area contributed by atoms with Crippen LogP contribution in [0.1, 0.15) is 24.4 Å². The molecule has 0 bridgehead atoms. The van der Waals surface area contributed by atoms with Crippen LogP contribution in [0, 0.1) is 6.92 Å². The second kappa shape index (κ2) is 5.38. The number of hydrogen-bond acceptors (Lipinski definition) is 3. The van der Waals surface area contributed by atoms with Gasteiger partial charge in [0.25, 0.3) is 0 Å². The van der Waals surface area contributed by atoms with Crippen molar-refractivity contribution in [2.24, 2.45) is 0 Å². The predicted molar refractivity (Wildman–Crippen MR) is 76.3 cm³/mol. The quantitative estimate of drug-likeness (QED) is 0.940. The minimum absolute atomic E-state index is 0.164. The first-order chi connectivity index (χ1) is 8.56. The summed E-state index contributed by atoms with van der Waals surface area (Å²) in [4.78, 5) is 0. The number of nitrogens with zero attached hydrogens (tertiary/aromatic N) is 3. The summed E-state index contributed by atoms with van der Waals surface area (Å²) >= 11 is 9.57. The van der Waals surface area contributed by atoms with Gasteiger partial charge in [-0.25, -0.2) is 4.68 Å². The van der Waals surface area contributed by atoms with Gasteiger partial charge in [-0.05, 0) is 49.0 Å². The molecule has 1 heterocycles. The summed E-state index contributed by atoms with van der Waals surface area (Å²) in [6, 6.07) is 5.84. The molecule has 0 saturated heterocycles. The molecule has 0 radical (unpaired) electrons. The van der Waals surface area contributed by atoms with Crippen molar-refractivity contribution in [1.82, 2.24) is 20.3 Å². The second-order valence-corrected chi connectivity index (χ2v) is 5.26. The number of aromatic nitrogens is 3. The Morgan fingerprint density at radius 1 is 1.44 bits per heavy atom. The molecule has 0 aliphatic rings. The molecule has 0 amide bonds. The average Bonchev–Trinajstić information content (AvgIpc) is 2.74. The van der Waals surface area contributed by atoms with Gasteiger partial charge in [0.1, 0.15) is 5.69 Å². The third-order valence-corrected chi connectivity index (χ3v) is 4.31. The lowest BCUT2D eigenvalue weighted by Crippen LogP contribution is -2.14. The fourth-order valence-corrected chi connectivity index (χ4v) is 2.36. The molecule has 1 aromatic heterocycles. The number of halogens is 2. The predicted octanol–water partition coefficient (Wildman–Crippen LogP) is 3.27. The number of benzene rings is 1. The molecule has 2 aromatic rings. The van der Waals surface area contributed by atoms with Crippen LogP contribution in [-0.4, -0.2) is 22.0 Å². The lowest BCUT2D eigenvalue weighted by Gasteiger charge is -2.10. The van der Waals surface area contributed by atoms with Crippen molar-refractivity contribution in [2.45, 2.75) is 19.9 Å². The SMILES string of the molecule is CNC(C)c1nnn(-c2cccc(Cl)c2Br)c1C. The third-order valence-electron chi connectivity index (χ3n) is 2.93. The van der Waals surface area contributed by atoms with E-state index >= 15 is 0 Å². The average molecular weight is 330 g/mol. The minimum atomic E-state index is 0.164. The van der Waals surface area contributed by atoms with E-state index in [0.717, 1.165) is 21.5 Å². The van der Waals surface area contributed by atoms with E-state index in [2.05, 4.69) is 31.6 Å². The lowest BCUT2D eigenvalue weighted by molar-refractivity contribution is 0.627. The first-order valence-corrected chi connectivity index (χ1v) is 6.77. The maximum atomic E-state index is 6.09. The zero-order valence-corrected chi connectivity index (χ0v) is 12.7. The zero-order valence-electron chi connectivity index (χ0n) is 10.4. The Balaban J connectivity index is 2.52. The first kappa shape index (κ1) is 13.5. The van der Waals surface area contributed by atoms with Gasteiger partial charge < -0.3 is 5.32 Å². The van der Waals surface area contributed by atoms with E-state index in [1.807, 2.05) is 39.1 Å².